The lowest BCUT2D eigenvalue weighted by Gasteiger charge is -2.13. The number of carbonyl (C=O) groups is 1. The molecule has 4 nitrogen and oxygen atoms in total. The number of halogens is 3. The van der Waals surface area contributed by atoms with Gasteiger partial charge in [0.25, 0.3) is 0 Å². The predicted octanol–water partition coefficient (Wildman–Crippen LogP) is 2.39. The first-order valence-corrected chi connectivity index (χ1v) is 4.74. The maximum absolute atomic E-state index is 12.1. The third kappa shape index (κ3) is 3.38. The van der Waals surface area contributed by atoms with E-state index in [0.29, 0.717) is 5.56 Å². The number of nitriles is 1. The van der Waals surface area contributed by atoms with Crippen LogP contribution in [0.25, 0.3) is 0 Å². The number of rotatable bonds is 3. The van der Waals surface area contributed by atoms with Crippen molar-refractivity contribution in [2.75, 3.05) is 0 Å². The van der Waals surface area contributed by atoms with Gasteiger partial charge in [0.1, 0.15) is 11.8 Å². The molecule has 0 bridgehead atoms. The number of nitrogens with zero attached hydrogens (tertiary/aromatic N) is 1. The van der Waals surface area contributed by atoms with Gasteiger partial charge in [-0.2, -0.15) is 5.26 Å². The Kier molecular flexibility index (Phi) is 3.81. The van der Waals surface area contributed by atoms with Crippen LogP contribution in [0.4, 0.5) is 13.2 Å². The number of carboxylic acid groups (broad SMARTS) is 1. The topological polar surface area (TPSA) is 70.3 Å². The first kappa shape index (κ1) is 13.8. The van der Waals surface area contributed by atoms with Crippen molar-refractivity contribution in [2.24, 2.45) is 0 Å². The fourth-order valence-corrected chi connectivity index (χ4v) is 1.44. The lowest BCUT2D eigenvalue weighted by molar-refractivity contribution is -0.274. The second-order valence-corrected chi connectivity index (χ2v) is 3.46. The maximum Gasteiger partial charge on any atom is 0.573 e. The highest BCUT2D eigenvalue weighted by Gasteiger charge is 2.33. The minimum absolute atomic E-state index is 0.0201. The van der Waals surface area contributed by atoms with Crippen LogP contribution in [0, 0.1) is 18.3 Å². The molecule has 7 heteroatoms. The van der Waals surface area contributed by atoms with E-state index >= 15 is 0 Å². The van der Waals surface area contributed by atoms with Gasteiger partial charge in [0.05, 0.1) is 12.0 Å². The van der Waals surface area contributed by atoms with Gasteiger partial charge < -0.3 is 9.84 Å². The average molecular weight is 259 g/mol. The second-order valence-electron chi connectivity index (χ2n) is 3.46. The summed E-state index contributed by atoms with van der Waals surface area (Å²) in [6.07, 6.45) is -5.47. The minimum atomic E-state index is -4.93. The molecule has 1 rings (SSSR count). The molecule has 0 heterocycles. The van der Waals surface area contributed by atoms with Gasteiger partial charge in [0, 0.05) is 0 Å². The zero-order valence-electron chi connectivity index (χ0n) is 9.21. The fraction of sp³-hybridized carbons (Fsp3) is 0.273. The molecule has 0 radical (unpaired) electrons. The number of hydrogen-bond acceptors (Lipinski definition) is 3. The molecule has 0 spiro atoms. The molecule has 0 saturated carbocycles. The van der Waals surface area contributed by atoms with Crippen molar-refractivity contribution < 1.29 is 27.8 Å². The molecule has 0 atom stereocenters. The van der Waals surface area contributed by atoms with E-state index in [4.69, 9.17) is 10.4 Å². The van der Waals surface area contributed by atoms with Crippen LogP contribution in [0.1, 0.15) is 16.7 Å². The monoisotopic (exact) mass is 259 g/mol. The number of ether oxygens (including phenoxy) is 1. The van der Waals surface area contributed by atoms with Crippen LogP contribution in [0.2, 0.25) is 0 Å². The molecular weight excluding hydrogens is 251 g/mol. The largest absolute Gasteiger partial charge is 0.573 e. The van der Waals surface area contributed by atoms with E-state index < -0.39 is 30.1 Å². The lowest BCUT2D eigenvalue weighted by atomic mass is 9.99. The van der Waals surface area contributed by atoms with Gasteiger partial charge in [-0.25, -0.2) is 0 Å². The van der Waals surface area contributed by atoms with Crippen LogP contribution in [-0.4, -0.2) is 17.4 Å². The van der Waals surface area contributed by atoms with Crippen molar-refractivity contribution in [1.29, 1.82) is 5.26 Å². The van der Waals surface area contributed by atoms with Crippen molar-refractivity contribution in [3.05, 3.63) is 28.8 Å². The van der Waals surface area contributed by atoms with E-state index in [1.165, 1.54) is 13.0 Å². The molecule has 0 aromatic heterocycles. The summed E-state index contributed by atoms with van der Waals surface area (Å²) in [7, 11) is 0. The van der Waals surface area contributed by atoms with Crippen LogP contribution in [0.15, 0.2) is 12.1 Å². The number of alkyl halides is 3. The average Bonchev–Trinajstić information content (AvgIpc) is 2.20. The zero-order chi connectivity index (χ0) is 13.9. The standard InChI is InChI=1S/C11H8F3NO3/c1-6-2-3-9(18-11(12,13)14)8(5-15)7(6)4-10(16)17/h2-3H,4H2,1H3,(H,16,17). The summed E-state index contributed by atoms with van der Waals surface area (Å²) in [4.78, 5) is 10.6. The van der Waals surface area contributed by atoms with E-state index in [9.17, 15) is 18.0 Å². The first-order chi connectivity index (χ1) is 8.24. The summed E-state index contributed by atoms with van der Waals surface area (Å²) in [5.74, 6) is -1.93. The van der Waals surface area contributed by atoms with Gasteiger partial charge >= 0.3 is 12.3 Å². The van der Waals surface area contributed by atoms with Crippen molar-refractivity contribution in [3.8, 4) is 11.8 Å². The quantitative estimate of drug-likeness (QED) is 0.904. The Labute approximate surface area is 100 Å². The molecule has 18 heavy (non-hydrogen) atoms. The van der Waals surface area contributed by atoms with Crippen molar-refractivity contribution in [2.45, 2.75) is 19.7 Å². The molecule has 0 aliphatic rings. The highest BCUT2D eigenvalue weighted by molar-refractivity contribution is 5.73. The van der Waals surface area contributed by atoms with E-state index in [-0.39, 0.29) is 5.56 Å². The van der Waals surface area contributed by atoms with Crippen LogP contribution >= 0.6 is 0 Å². The Morgan fingerprint density at radius 1 is 1.50 bits per heavy atom. The highest BCUT2D eigenvalue weighted by atomic mass is 19.4. The van der Waals surface area contributed by atoms with Gasteiger partial charge in [-0.3, -0.25) is 4.79 Å². The van der Waals surface area contributed by atoms with Gasteiger partial charge in [0.15, 0.2) is 0 Å². The Morgan fingerprint density at radius 2 is 2.11 bits per heavy atom. The molecule has 1 N–H and O–H groups in total. The molecule has 0 aliphatic carbocycles. The van der Waals surface area contributed by atoms with Gasteiger partial charge in [0.2, 0.25) is 0 Å². The first-order valence-electron chi connectivity index (χ1n) is 4.74. The Morgan fingerprint density at radius 3 is 2.56 bits per heavy atom. The normalized spacial score (nSPS) is 10.8. The van der Waals surface area contributed by atoms with Crippen molar-refractivity contribution >= 4 is 5.97 Å². The second kappa shape index (κ2) is 4.96. The molecular formula is C11H8F3NO3. The molecule has 1 aromatic rings. The summed E-state index contributed by atoms with van der Waals surface area (Å²) < 4.78 is 40.0. The van der Waals surface area contributed by atoms with E-state index in [1.807, 2.05) is 0 Å². The molecule has 0 fully saturated rings. The maximum atomic E-state index is 12.1. The number of aryl methyl sites for hydroxylation is 1. The van der Waals surface area contributed by atoms with E-state index in [1.54, 1.807) is 6.07 Å². The summed E-state index contributed by atoms with van der Waals surface area (Å²) >= 11 is 0. The summed E-state index contributed by atoms with van der Waals surface area (Å²) in [5.41, 5.74) is 0.0324. The van der Waals surface area contributed by atoms with Gasteiger partial charge in [-0.05, 0) is 24.1 Å². The molecule has 0 unspecified atom stereocenters. The Hall–Kier alpha value is -2.23. The van der Waals surface area contributed by atoms with Crippen LogP contribution in [-0.2, 0) is 11.2 Å². The van der Waals surface area contributed by atoms with Gasteiger partial charge in [-0.1, -0.05) is 6.07 Å². The fourth-order valence-electron chi connectivity index (χ4n) is 1.44. The number of benzene rings is 1. The van der Waals surface area contributed by atoms with E-state index in [2.05, 4.69) is 4.74 Å². The molecule has 96 valence electrons. The third-order valence-electron chi connectivity index (χ3n) is 2.17. The van der Waals surface area contributed by atoms with Gasteiger partial charge in [-0.15, -0.1) is 13.2 Å². The van der Waals surface area contributed by atoms with E-state index in [0.717, 1.165) is 6.07 Å². The predicted molar refractivity (Wildman–Crippen MR) is 53.9 cm³/mol. The van der Waals surface area contributed by atoms with Crippen LogP contribution in [0.3, 0.4) is 0 Å². The zero-order valence-corrected chi connectivity index (χ0v) is 9.21. The van der Waals surface area contributed by atoms with Crippen molar-refractivity contribution in [3.63, 3.8) is 0 Å². The minimum Gasteiger partial charge on any atom is -0.481 e. The molecule has 1 aromatic carbocycles. The summed E-state index contributed by atoms with van der Waals surface area (Å²) in [5, 5.41) is 17.5. The molecule has 0 amide bonds. The number of hydrogen-bond donors (Lipinski definition) is 1. The Bertz CT molecular complexity index is 517. The SMILES string of the molecule is Cc1ccc(OC(F)(F)F)c(C#N)c1CC(=O)O. The highest BCUT2D eigenvalue weighted by Crippen LogP contribution is 2.30. The molecule has 0 saturated heterocycles. The summed E-state index contributed by atoms with van der Waals surface area (Å²) in [6.45, 7) is 1.51. The summed E-state index contributed by atoms with van der Waals surface area (Å²) in [6, 6.07) is 3.82. The number of carboxylic acids is 1. The third-order valence-corrected chi connectivity index (χ3v) is 2.17. The lowest BCUT2D eigenvalue weighted by Crippen LogP contribution is -2.18. The molecule has 0 aliphatic heterocycles. The number of aliphatic carboxylic acids is 1. The Balaban J connectivity index is 3.30. The smallest absolute Gasteiger partial charge is 0.481 e. The van der Waals surface area contributed by atoms with Crippen molar-refractivity contribution in [1.82, 2.24) is 0 Å². The van der Waals surface area contributed by atoms with Crippen LogP contribution < -0.4 is 4.74 Å². The van der Waals surface area contributed by atoms with Crippen LogP contribution in [0.5, 0.6) is 5.75 Å².